The minimum absolute atomic E-state index is 0.551. The largest absolute Gasteiger partial charge is 0.311 e. The first-order chi connectivity index (χ1) is 6.62. The molecule has 2 aliphatic rings. The molecule has 0 bridgehead atoms. The first kappa shape index (κ1) is 10.4. The van der Waals surface area contributed by atoms with Gasteiger partial charge in [0.15, 0.2) is 0 Å². The van der Waals surface area contributed by atoms with Crippen LogP contribution in [0.5, 0.6) is 0 Å². The number of nitrogens with zero attached hydrogens (tertiary/aromatic N) is 1. The molecule has 1 unspecified atom stereocenters. The molecule has 1 saturated carbocycles. The Morgan fingerprint density at radius 2 is 2.07 bits per heavy atom. The second kappa shape index (κ2) is 3.82. The topological polar surface area (TPSA) is 15.3 Å². The highest BCUT2D eigenvalue weighted by molar-refractivity contribution is 4.97. The zero-order chi connectivity index (χ0) is 10.2. The summed E-state index contributed by atoms with van der Waals surface area (Å²) in [5.41, 5.74) is 0.551. The molecular weight excluding hydrogens is 172 g/mol. The Hall–Kier alpha value is -0.0800. The average molecular weight is 196 g/mol. The van der Waals surface area contributed by atoms with Crippen LogP contribution in [0.3, 0.4) is 0 Å². The third-order valence-electron chi connectivity index (χ3n) is 4.20. The maximum absolute atomic E-state index is 3.63. The molecule has 82 valence electrons. The smallest absolute Gasteiger partial charge is 0.0218 e. The molecule has 0 radical (unpaired) electrons. The Morgan fingerprint density at radius 1 is 1.36 bits per heavy atom. The molecular formula is C12H24N2. The van der Waals surface area contributed by atoms with E-state index in [1.54, 1.807) is 0 Å². The minimum Gasteiger partial charge on any atom is -0.311 e. The van der Waals surface area contributed by atoms with Crippen molar-refractivity contribution in [3.8, 4) is 0 Å². The molecule has 2 fully saturated rings. The summed E-state index contributed by atoms with van der Waals surface area (Å²) in [5.74, 6) is 0.765. The van der Waals surface area contributed by atoms with Crippen molar-refractivity contribution in [1.82, 2.24) is 10.2 Å². The number of nitrogens with one attached hydrogen (secondary N) is 1. The highest BCUT2D eigenvalue weighted by Crippen LogP contribution is 2.37. The van der Waals surface area contributed by atoms with Crippen LogP contribution in [-0.2, 0) is 0 Å². The van der Waals surface area contributed by atoms with Gasteiger partial charge in [-0.1, -0.05) is 13.8 Å². The van der Waals surface area contributed by atoms with Gasteiger partial charge in [0.05, 0.1) is 0 Å². The van der Waals surface area contributed by atoms with Crippen molar-refractivity contribution in [2.75, 3.05) is 19.6 Å². The van der Waals surface area contributed by atoms with Crippen molar-refractivity contribution in [3.05, 3.63) is 0 Å². The molecule has 1 aliphatic heterocycles. The Morgan fingerprint density at radius 3 is 2.57 bits per heavy atom. The van der Waals surface area contributed by atoms with Crippen LogP contribution in [0, 0.1) is 5.92 Å². The van der Waals surface area contributed by atoms with E-state index in [-0.39, 0.29) is 0 Å². The highest BCUT2D eigenvalue weighted by atomic mass is 15.3. The maximum Gasteiger partial charge on any atom is 0.0218 e. The van der Waals surface area contributed by atoms with Crippen LogP contribution in [0.4, 0.5) is 0 Å². The quantitative estimate of drug-likeness (QED) is 0.725. The zero-order valence-corrected chi connectivity index (χ0v) is 9.84. The maximum atomic E-state index is 3.63. The zero-order valence-electron chi connectivity index (χ0n) is 9.84. The number of piperazine rings is 1. The van der Waals surface area contributed by atoms with Gasteiger partial charge in [-0.2, -0.15) is 0 Å². The standard InChI is InChI=1S/C12H24N2/c1-10(2)11-9-14(8-7-13-11)12(3)5-4-6-12/h10-11,13H,4-9H2,1-3H3. The van der Waals surface area contributed by atoms with Gasteiger partial charge in [0, 0.05) is 31.2 Å². The molecule has 1 heterocycles. The van der Waals surface area contributed by atoms with Crippen molar-refractivity contribution in [2.24, 2.45) is 5.92 Å². The number of hydrogen-bond donors (Lipinski definition) is 1. The van der Waals surface area contributed by atoms with E-state index >= 15 is 0 Å². The van der Waals surface area contributed by atoms with Gasteiger partial charge in [-0.25, -0.2) is 0 Å². The van der Waals surface area contributed by atoms with E-state index in [0.29, 0.717) is 11.6 Å². The molecule has 1 atom stereocenters. The Bertz CT molecular complexity index is 196. The van der Waals surface area contributed by atoms with Crippen LogP contribution >= 0.6 is 0 Å². The highest BCUT2D eigenvalue weighted by Gasteiger charge is 2.39. The van der Waals surface area contributed by atoms with E-state index in [1.807, 2.05) is 0 Å². The van der Waals surface area contributed by atoms with E-state index in [1.165, 1.54) is 38.9 Å². The van der Waals surface area contributed by atoms with E-state index < -0.39 is 0 Å². The lowest BCUT2D eigenvalue weighted by atomic mass is 9.76. The van der Waals surface area contributed by atoms with E-state index in [9.17, 15) is 0 Å². The molecule has 1 N–H and O–H groups in total. The minimum atomic E-state index is 0.551. The summed E-state index contributed by atoms with van der Waals surface area (Å²) in [4.78, 5) is 2.72. The fraction of sp³-hybridized carbons (Fsp3) is 1.00. The normalized spacial score (nSPS) is 33.0. The summed E-state index contributed by atoms with van der Waals surface area (Å²) in [6.45, 7) is 10.8. The van der Waals surface area contributed by atoms with Gasteiger partial charge in [0.1, 0.15) is 0 Å². The van der Waals surface area contributed by atoms with E-state index in [0.717, 1.165) is 5.92 Å². The number of rotatable bonds is 2. The molecule has 0 spiro atoms. The first-order valence-corrected chi connectivity index (χ1v) is 6.10. The summed E-state index contributed by atoms with van der Waals surface area (Å²) in [5, 5.41) is 3.63. The molecule has 2 heteroatoms. The van der Waals surface area contributed by atoms with Gasteiger partial charge in [-0.05, 0) is 32.1 Å². The molecule has 0 aromatic heterocycles. The average Bonchev–Trinajstić information content (AvgIpc) is 2.14. The molecule has 14 heavy (non-hydrogen) atoms. The molecule has 0 amide bonds. The Kier molecular flexibility index (Phi) is 2.85. The molecule has 2 nitrogen and oxygen atoms in total. The van der Waals surface area contributed by atoms with Gasteiger partial charge >= 0.3 is 0 Å². The second-order valence-corrected chi connectivity index (χ2v) is 5.60. The van der Waals surface area contributed by atoms with Crippen LogP contribution in [0.2, 0.25) is 0 Å². The lowest BCUT2D eigenvalue weighted by molar-refractivity contribution is 0.00430. The molecule has 0 aromatic rings. The Balaban J connectivity index is 1.93. The predicted octanol–water partition coefficient (Wildman–Crippen LogP) is 1.86. The van der Waals surface area contributed by atoms with Crippen molar-refractivity contribution in [3.63, 3.8) is 0 Å². The monoisotopic (exact) mass is 196 g/mol. The molecule has 0 aromatic carbocycles. The van der Waals surface area contributed by atoms with Crippen molar-refractivity contribution >= 4 is 0 Å². The summed E-state index contributed by atoms with van der Waals surface area (Å²) < 4.78 is 0. The van der Waals surface area contributed by atoms with Gasteiger partial charge < -0.3 is 5.32 Å². The van der Waals surface area contributed by atoms with Crippen molar-refractivity contribution in [1.29, 1.82) is 0 Å². The van der Waals surface area contributed by atoms with Crippen LogP contribution in [0.1, 0.15) is 40.0 Å². The molecule has 1 aliphatic carbocycles. The fourth-order valence-corrected chi connectivity index (χ4v) is 2.72. The van der Waals surface area contributed by atoms with Gasteiger partial charge in [-0.3, -0.25) is 4.90 Å². The van der Waals surface area contributed by atoms with Crippen molar-refractivity contribution in [2.45, 2.75) is 51.6 Å². The van der Waals surface area contributed by atoms with Crippen LogP contribution in [0.15, 0.2) is 0 Å². The fourth-order valence-electron chi connectivity index (χ4n) is 2.72. The summed E-state index contributed by atoms with van der Waals surface area (Å²) >= 11 is 0. The van der Waals surface area contributed by atoms with Crippen LogP contribution in [-0.4, -0.2) is 36.1 Å². The van der Waals surface area contributed by atoms with Crippen molar-refractivity contribution < 1.29 is 0 Å². The summed E-state index contributed by atoms with van der Waals surface area (Å²) in [6, 6.07) is 0.709. The van der Waals surface area contributed by atoms with E-state index in [4.69, 9.17) is 0 Å². The summed E-state index contributed by atoms with van der Waals surface area (Å²) in [6.07, 6.45) is 4.27. The lowest BCUT2D eigenvalue weighted by Crippen LogP contribution is -2.62. The molecule has 2 rings (SSSR count). The first-order valence-electron chi connectivity index (χ1n) is 6.10. The SMILES string of the molecule is CC(C)C1CN(C2(C)CCC2)CCN1. The third kappa shape index (κ3) is 1.82. The third-order valence-corrected chi connectivity index (χ3v) is 4.20. The summed E-state index contributed by atoms with van der Waals surface area (Å²) in [7, 11) is 0. The lowest BCUT2D eigenvalue weighted by Gasteiger charge is -2.51. The second-order valence-electron chi connectivity index (χ2n) is 5.60. The van der Waals surface area contributed by atoms with Gasteiger partial charge in [0.2, 0.25) is 0 Å². The predicted molar refractivity (Wildman–Crippen MR) is 60.5 cm³/mol. The molecule has 1 saturated heterocycles. The van der Waals surface area contributed by atoms with Gasteiger partial charge in [-0.15, -0.1) is 0 Å². The van der Waals surface area contributed by atoms with Gasteiger partial charge in [0.25, 0.3) is 0 Å². The van der Waals surface area contributed by atoms with Crippen LogP contribution < -0.4 is 5.32 Å². The number of hydrogen-bond acceptors (Lipinski definition) is 2. The van der Waals surface area contributed by atoms with E-state index in [2.05, 4.69) is 31.0 Å². The Labute approximate surface area is 88.1 Å². The van der Waals surface area contributed by atoms with Crippen LogP contribution in [0.25, 0.3) is 0 Å².